The van der Waals surface area contributed by atoms with Crippen molar-refractivity contribution in [3.8, 4) is 39.1 Å². The van der Waals surface area contributed by atoms with E-state index in [9.17, 15) is 0 Å². The molecule has 0 bridgehead atoms. The third-order valence-corrected chi connectivity index (χ3v) is 11.5. The number of rotatable bonds is 7. The summed E-state index contributed by atoms with van der Waals surface area (Å²) >= 11 is 0. The van der Waals surface area contributed by atoms with Crippen molar-refractivity contribution >= 4 is 60.4 Å². The van der Waals surface area contributed by atoms with E-state index in [2.05, 4.69) is 240 Å². The molecule has 0 atom stereocenters. The Kier molecular flexibility index (Phi) is 8.19. The number of nitrogens with zero attached hydrogens (tertiary/aromatic N) is 2. The van der Waals surface area contributed by atoms with Gasteiger partial charge in [0.25, 0.3) is 0 Å². The predicted molar refractivity (Wildman–Crippen MR) is 247 cm³/mol. The molecule has 2 heteroatoms. The molecule has 0 saturated heterocycles. The zero-order chi connectivity index (χ0) is 38.4. The van der Waals surface area contributed by atoms with Gasteiger partial charge in [0, 0.05) is 38.9 Å². The topological polar surface area (TPSA) is 8.17 Å². The molecule has 0 fully saturated rings. The maximum Gasteiger partial charge on any atom is 0.0619 e. The quantitative estimate of drug-likeness (QED) is 0.158. The standard InChI is InChI=1S/C56H38N2/c1-3-15-39(16-4-1)43-20-11-24-47(37-43)57(46-34-31-42(32-35-46)50-28-13-19-40-17-7-9-26-49(40)50)48-25-12-21-44(38-48)51-29-14-30-54-55(51)53-36-33-41-18-8-10-27-52(41)56(53)58(54)45-22-5-2-6-23-45/h1-38H. The molecule has 272 valence electrons. The fourth-order valence-electron chi connectivity index (χ4n) is 8.90. The molecular formula is C56H38N2. The SMILES string of the molecule is c1ccc(-c2cccc(N(c3ccc(-c4cccc5ccccc45)cc3)c3cccc(-c4cccc5c4c4ccc6ccccc6c4n5-c4ccccc4)c3)c2)cc1. The Bertz CT molecular complexity index is 3260. The summed E-state index contributed by atoms with van der Waals surface area (Å²) < 4.78 is 2.44. The Morgan fingerprint density at radius 2 is 0.879 bits per heavy atom. The van der Waals surface area contributed by atoms with Crippen molar-refractivity contribution in [3.63, 3.8) is 0 Å². The van der Waals surface area contributed by atoms with Crippen LogP contribution in [-0.2, 0) is 0 Å². The van der Waals surface area contributed by atoms with Gasteiger partial charge in [-0.2, -0.15) is 0 Å². The van der Waals surface area contributed by atoms with E-state index in [1.54, 1.807) is 0 Å². The Balaban J connectivity index is 1.10. The first kappa shape index (κ1) is 33.6. The smallest absolute Gasteiger partial charge is 0.0619 e. The molecule has 0 aliphatic rings. The van der Waals surface area contributed by atoms with Crippen LogP contribution in [0.2, 0.25) is 0 Å². The van der Waals surface area contributed by atoms with Crippen molar-refractivity contribution in [3.05, 3.63) is 231 Å². The van der Waals surface area contributed by atoms with E-state index >= 15 is 0 Å². The average Bonchev–Trinajstić information content (AvgIpc) is 3.65. The zero-order valence-corrected chi connectivity index (χ0v) is 31.8. The second-order valence-electron chi connectivity index (χ2n) is 14.9. The average molecular weight is 739 g/mol. The molecule has 1 heterocycles. The van der Waals surface area contributed by atoms with Gasteiger partial charge in [0.05, 0.1) is 11.0 Å². The van der Waals surface area contributed by atoms with Crippen molar-refractivity contribution in [2.45, 2.75) is 0 Å². The number of hydrogen-bond donors (Lipinski definition) is 0. The Labute approximate surface area is 338 Å². The minimum absolute atomic E-state index is 1.09. The van der Waals surface area contributed by atoms with Gasteiger partial charge in [-0.25, -0.2) is 0 Å². The number of fused-ring (bicyclic) bond motifs is 6. The van der Waals surface area contributed by atoms with Gasteiger partial charge < -0.3 is 9.47 Å². The lowest BCUT2D eigenvalue weighted by Gasteiger charge is -2.27. The highest BCUT2D eigenvalue weighted by atomic mass is 15.1. The minimum atomic E-state index is 1.09. The summed E-state index contributed by atoms with van der Waals surface area (Å²) in [6.07, 6.45) is 0. The van der Waals surface area contributed by atoms with E-state index in [0.717, 1.165) is 22.7 Å². The van der Waals surface area contributed by atoms with Crippen LogP contribution in [-0.4, -0.2) is 4.57 Å². The maximum atomic E-state index is 2.44. The number of para-hydroxylation sites is 1. The predicted octanol–water partition coefficient (Wildman–Crippen LogP) is 15.6. The molecule has 0 radical (unpaired) electrons. The van der Waals surface area contributed by atoms with E-state index in [4.69, 9.17) is 0 Å². The van der Waals surface area contributed by atoms with Crippen LogP contribution in [0.3, 0.4) is 0 Å². The van der Waals surface area contributed by atoms with Crippen molar-refractivity contribution in [1.82, 2.24) is 4.57 Å². The molecule has 0 unspecified atom stereocenters. The molecular weight excluding hydrogens is 701 g/mol. The van der Waals surface area contributed by atoms with Gasteiger partial charge >= 0.3 is 0 Å². The lowest BCUT2D eigenvalue weighted by atomic mass is 9.97. The van der Waals surface area contributed by atoms with E-state index < -0.39 is 0 Å². The minimum Gasteiger partial charge on any atom is -0.310 e. The summed E-state index contributed by atoms with van der Waals surface area (Å²) in [7, 11) is 0. The number of aromatic nitrogens is 1. The number of hydrogen-bond acceptors (Lipinski definition) is 1. The monoisotopic (exact) mass is 738 g/mol. The number of benzene rings is 10. The lowest BCUT2D eigenvalue weighted by Crippen LogP contribution is -2.10. The van der Waals surface area contributed by atoms with E-state index in [1.807, 2.05) is 0 Å². The van der Waals surface area contributed by atoms with E-state index in [0.29, 0.717) is 0 Å². The normalized spacial score (nSPS) is 11.4. The van der Waals surface area contributed by atoms with Gasteiger partial charge in [-0.1, -0.05) is 176 Å². The van der Waals surface area contributed by atoms with Crippen LogP contribution in [0.1, 0.15) is 0 Å². The molecule has 10 aromatic carbocycles. The zero-order valence-electron chi connectivity index (χ0n) is 31.8. The summed E-state index contributed by atoms with van der Waals surface area (Å²) in [5.41, 5.74) is 14.0. The molecule has 1 aromatic heterocycles. The lowest BCUT2D eigenvalue weighted by molar-refractivity contribution is 1.19. The molecule has 0 spiro atoms. The van der Waals surface area contributed by atoms with Gasteiger partial charge in [0.1, 0.15) is 0 Å². The largest absolute Gasteiger partial charge is 0.310 e. The number of anilines is 3. The highest BCUT2D eigenvalue weighted by molar-refractivity contribution is 6.22. The summed E-state index contributed by atoms with van der Waals surface area (Å²) in [4.78, 5) is 2.39. The third kappa shape index (κ3) is 5.74. The van der Waals surface area contributed by atoms with Gasteiger partial charge in [-0.3, -0.25) is 0 Å². The molecule has 11 aromatic rings. The van der Waals surface area contributed by atoms with Crippen molar-refractivity contribution in [1.29, 1.82) is 0 Å². The van der Waals surface area contributed by atoms with E-state index in [1.165, 1.54) is 76.7 Å². The Morgan fingerprint density at radius 3 is 1.66 bits per heavy atom. The van der Waals surface area contributed by atoms with Crippen LogP contribution in [0.5, 0.6) is 0 Å². The third-order valence-electron chi connectivity index (χ3n) is 11.5. The molecule has 0 amide bonds. The maximum absolute atomic E-state index is 2.44. The molecule has 11 rings (SSSR count). The van der Waals surface area contributed by atoms with Gasteiger partial charge in [-0.15, -0.1) is 0 Å². The summed E-state index contributed by atoms with van der Waals surface area (Å²) in [6.45, 7) is 0. The van der Waals surface area contributed by atoms with Crippen LogP contribution in [0.15, 0.2) is 231 Å². The second-order valence-corrected chi connectivity index (χ2v) is 14.9. The van der Waals surface area contributed by atoms with Crippen molar-refractivity contribution < 1.29 is 0 Å². The molecule has 0 N–H and O–H groups in total. The second kappa shape index (κ2) is 14.1. The summed E-state index contributed by atoms with van der Waals surface area (Å²) in [5, 5.41) is 7.48. The first-order chi connectivity index (χ1) is 28.8. The van der Waals surface area contributed by atoms with Crippen LogP contribution in [0, 0.1) is 0 Å². The summed E-state index contributed by atoms with van der Waals surface area (Å²) in [6, 6.07) is 83.6. The Hall–Kier alpha value is -7.68. The van der Waals surface area contributed by atoms with Gasteiger partial charge in [0.2, 0.25) is 0 Å². The van der Waals surface area contributed by atoms with Gasteiger partial charge in [0.15, 0.2) is 0 Å². The van der Waals surface area contributed by atoms with Crippen molar-refractivity contribution in [2.75, 3.05) is 4.90 Å². The molecule has 0 saturated carbocycles. The van der Waals surface area contributed by atoms with Gasteiger partial charge in [-0.05, 0) is 104 Å². The van der Waals surface area contributed by atoms with Crippen LogP contribution in [0.25, 0.3) is 82.4 Å². The highest BCUT2D eigenvalue weighted by Gasteiger charge is 2.20. The van der Waals surface area contributed by atoms with Crippen LogP contribution in [0.4, 0.5) is 17.1 Å². The molecule has 0 aliphatic carbocycles. The molecule has 0 aliphatic heterocycles. The first-order valence-corrected chi connectivity index (χ1v) is 19.9. The fourth-order valence-corrected chi connectivity index (χ4v) is 8.90. The summed E-state index contributed by atoms with van der Waals surface area (Å²) in [5.74, 6) is 0. The Morgan fingerprint density at radius 1 is 0.310 bits per heavy atom. The van der Waals surface area contributed by atoms with Crippen LogP contribution < -0.4 is 4.90 Å². The highest BCUT2D eigenvalue weighted by Crippen LogP contribution is 2.44. The molecule has 2 nitrogen and oxygen atoms in total. The van der Waals surface area contributed by atoms with Crippen LogP contribution >= 0.6 is 0 Å². The first-order valence-electron chi connectivity index (χ1n) is 19.9. The van der Waals surface area contributed by atoms with E-state index in [-0.39, 0.29) is 0 Å². The van der Waals surface area contributed by atoms with Crippen molar-refractivity contribution in [2.24, 2.45) is 0 Å². The molecule has 58 heavy (non-hydrogen) atoms. The fraction of sp³-hybridized carbons (Fsp3) is 0.